The van der Waals surface area contributed by atoms with Crippen LogP contribution in [-0.2, 0) is 9.59 Å². The third-order valence-corrected chi connectivity index (χ3v) is 5.92. The van der Waals surface area contributed by atoms with Crippen molar-refractivity contribution in [1.82, 2.24) is 10.2 Å². The molecule has 1 saturated heterocycles. The molecule has 32 heavy (non-hydrogen) atoms. The Morgan fingerprint density at radius 3 is 2.66 bits per heavy atom. The molecule has 3 aromatic rings. The summed E-state index contributed by atoms with van der Waals surface area (Å²) in [5.74, 6) is -1.37. The number of hydrogen-bond donors (Lipinski definition) is 1. The maximum absolute atomic E-state index is 13.1. The standard InChI is InChI=1S/C23H18ClN3O4S/c1-3-11-31-17-6-4-5-15(12-17)19-18(20(28)14-7-9-16(24)10-8-14)21(29)22(30)27(19)23-26-25-13(2)32-23/h3-10,12,19,28H,1,11H2,2H3. The van der Waals surface area contributed by atoms with Crippen molar-refractivity contribution in [3.8, 4) is 5.75 Å². The minimum atomic E-state index is -0.912. The van der Waals surface area contributed by atoms with Crippen LogP contribution in [-0.4, -0.2) is 33.6 Å². The van der Waals surface area contributed by atoms with Gasteiger partial charge in [0.2, 0.25) is 5.13 Å². The number of nitrogens with zero attached hydrogens (tertiary/aromatic N) is 3. The van der Waals surface area contributed by atoms with Gasteiger partial charge in [-0.15, -0.1) is 10.2 Å². The molecule has 0 radical (unpaired) electrons. The van der Waals surface area contributed by atoms with Crippen molar-refractivity contribution >= 4 is 45.5 Å². The highest BCUT2D eigenvalue weighted by atomic mass is 35.5. The zero-order valence-corrected chi connectivity index (χ0v) is 18.6. The molecular weight excluding hydrogens is 450 g/mol. The molecule has 162 valence electrons. The van der Waals surface area contributed by atoms with Gasteiger partial charge in [-0.05, 0) is 48.9 Å². The Bertz CT molecular complexity index is 1240. The summed E-state index contributed by atoms with van der Waals surface area (Å²) in [4.78, 5) is 27.4. The normalized spacial score (nSPS) is 17.6. The molecule has 1 unspecified atom stereocenters. The lowest BCUT2D eigenvalue weighted by molar-refractivity contribution is -0.132. The van der Waals surface area contributed by atoms with E-state index in [-0.39, 0.29) is 16.5 Å². The molecule has 1 fully saturated rings. The maximum atomic E-state index is 13.1. The van der Waals surface area contributed by atoms with Gasteiger partial charge in [-0.3, -0.25) is 14.5 Å². The van der Waals surface area contributed by atoms with E-state index in [2.05, 4.69) is 16.8 Å². The molecule has 7 nitrogen and oxygen atoms in total. The molecule has 4 rings (SSSR count). The van der Waals surface area contributed by atoms with Crippen LogP contribution in [0.3, 0.4) is 0 Å². The summed E-state index contributed by atoms with van der Waals surface area (Å²) < 4.78 is 5.62. The minimum absolute atomic E-state index is 0.0500. The van der Waals surface area contributed by atoms with E-state index >= 15 is 0 Å². The fraction of sp³-hybridized carbons (Fsp3) is 0.130. The van der Waals surface area contributed by atoms with E-state index in [1.807, 2.05) is 0 Å². The van der Waals surface area contributed by atoms with E-state index < -0.39 is 17.7 Å². The van der Waals surface area contributed by atoms with E-state index in [9.17, 15) is 14.7 Å². The van der Waals surface area contributed by atoms with Crippen molar-refractivity contribution in [1.29, 1.82) is 0 Å². The van der Waals surface area contributed by atoms with Crippen LogP contribution in [0.4, 0.5) is 5.13 Å². The minimum Gasteiger partial charge on any atom is -0.507 e. The average molecular weight is 468 g/mol. The molecule has 1 N–H and O–H groups in total. The highest BCUT2D eigenvalue weighted by Gasteiger charge is 2.48. The van der Waals surface area contributed by atoms with Crippen LogP contribution in [0, 0.1) is 6.92 Å². The van der Waals surface area contributed by atoms with Crippen molar-refractivity contribution in [3.63, 3.8) is 0 Å². The lowest BCUT2D eigenvalue weighted by atomic mass is 9.95. The van der Waals surface area contributed by atoms with Crippen LogP contribution in [0.25, 0.3) is 5.76 Å². The van der Waals surface area contributed by atoms with Crippen molar-refractivity contribution in [3.05, 3.63) is 87.9 Å². The number of halogens is 1. The van der Waals surface area contributed by atoms with Gasteiger partial charge in [-0.25, -0.2) is 0 Å². The summed E-state index contributed by atoms with van der Waals surface area (Å²) in [6.07, 6.45) is 1.61. The first-order valence-corrected chi connectivity index (χ1v) is 10.8. The average Bonchev–Trinajstić information content (AvgIpc) is 3.33. The fourth-order valence-corrected chi connectivity index (χ4v) is 4.26. The summed E-state index contributed by atoms with van der Waals surface area (Å²) in [5, 5.41) is 20.5. The molecule has 1 aliphatic heterocycles. The molecule has 0 bridgehead atoms. The monoisotopic (exact) mass is 467 g/mol. The number of aliphatic hydroxyl groups excluding tert-OH is 1. The zero-order valence-electron chi connectivity index (χ0n) is 17.0. The predicted octanol–water partition coefficient (Wildman–Crippen LogP) is 4.69. The van der Waals surface area contributed by atoms with Gasteiger partial charge in [0, 0.05) is 10.6 Å². The molecule has 1 atom stereocenters. The van der Waals surface area contributed by atoms with Crippen LogP contribution in [0.15, 0.2) is 66.8 Å². The lowest BCUT2D eigenvalue weighted by Crippen LogP contribution is -2.29. The fourth-order valence-electron chi connectivity index (χ4n) is 3.42. The number of aliphatic hydroxyl groups is 1. The predicted molar refractivity (Wildman–Crippen MR) is 123 cm³/mol. The number of hydrogen-bond acceptors (Lipinski definition) is 7. The Morgan fingerprint density at radius 2 is 2.00 bits per heavy atom. The summed E-state index contributed by atoms with van der Waals surface area (Å²) >= 11 is 7.14. The SMILES string of the molecule is C=CCOc1cccc(C2C(=C(O)c3ccc(Cl)cc3)C(=O)C(=O)N2c2nnc(C)s2)c1. The van der Waals surface area contributed by atoms with Crippen LogP contribution < -0.4 is 9.64 Å². The number of benzene rings is 2. The third-order valence-electron chi connectivity index (χ3n) is 4.83. The second-order valence-electron chi connectivity index (χ2n) is 6.95. The number of Topliss-reactive ketones (excluding diaryl/α,β-unsaturated/α-hetero) is 1. The van der Waals surface area contributed by atoms with Gasteiger partial charge in [0.05, 0.1) is 11.6 Å². The molecule has 0 aliphatic carbocycles. The van der Waals surface area contributed by atoms with Crippen molar-refractivity contribution < 1.29 is 19.4 Å². The van der Waals surface area contributed by atoms with Crippen molar-refractivity contribution in [2.24, 2.45) is 0 Å². The first kappa shape index (κ1) is 21.7. The van der Waals surface area contributed by atoms with Gasteiger partial charge in [0.1, 0.15) is 23.1 Å². The molecule has 9 heteroatoms. The Morgan fingerprint density at radius 1 is 1.25 bits per heavy atom. The number of ether oxygens (including phenoxy) is 1. The highest BCUT2D eigenvalue weighted by Crippen LogP contribution is 2.43. The largest absolute Gasteiger partial charge is 0.507 e. The summed E-state index contributed by atoms with van der Waals surface area (Å²) in [5.41, 5.74) is 0.894. The van der Waals surface area contributed by atoms with E-state index in [0.29, 0.717) is 33.5 Å². The second-order valence-corrected chi connectivity index (χ2v) is 8.55. The van der Waals surface area contributed by atoms with Gasteiger partial charge in [-0.2, -0.15) is 0 Å². The number of rotatable bonds is 6. The summed E-state index contributed by atoms with van der Waals surface area (Å²) in [7, 11) is 0. The summed E-state index contributed by atoms with van der Waals surface area (Å²) in [6, 6.07) is 12.4. The maximum Gasteiger partial charge on any atom is 0.301 e. The molecule has 0 saturated carbocycles. The summed E-state index contributed by atoms with van der Waals surface area (Å²) in [6.45, 7) is 5.69. The number of aromatic nitrogens is 2. The molecule has 1 amide bonds. The Kier molecular flexibility index (Phi) is 6.07. The molecule has 1 aliphatic rings. The van der Waals surface area contributed by atoms with E-state index in [1.54, 1.807) is 61.5 Å². The van der Waals surface area contributed by atoms with E-state index in [4.69, 9.17) is 16.3 Å². The Balaban J connectivity index is 1.90. The molecule has 2 heterocycles. The van der Waals surface area contributed by atoms with Gasteiger partial charge in [0.15, 0.2) is 0 Å². The smallest absolute Gasteiger partial charge is 0.301 e. The third kappa shape index (κ3) is 4.02. The van der Waals surface area contributed by atoms with Crippen molar-refractivity contribution in [2.45, 2.75) is 13.0 Å². The molecular formula is C23H18ClN3O4S. The number of carbonyl (C=O) groups is 2. The number of carbonyl (C=O) groups excluding carboxylic acids is 2. The van der Waals surface area contributed by atoms with Gasteiger partial charge < -0.3 is 9.84 Å². The molecule has 0 spiro atoms. The highest BCUT2D eigenvalue weighted by molar-refractivity contribution is 7.15. The Hall–Kier alpha value is -3.49. The first-order valence-electron chi connectivity index (χ1n) is 9.61. The first-order chi connectivity index (χ1) is 15.4. The topological polar surface area (TPSA) is 92.6 Å². The number of anilines is 1. The van der Waals surface area contributed by atoms with Gasteiger partial charge in [-0.1, -0.05) is 47.7 Å². The van der Waals surface area contributed by atoms with Crippen molar-refractivity contribution in [2.75, 3.05) is 11.5 Å². The van der Waals surface area contributed by atoms with Gasteiger partial charge >= 0.3 is 5.91 Å². The van der Waals surface area contributed by atoms with Crippen LogP contribution >= 0.6 is 22.9 Å². The number of amides is 1. The molecule has 1 aromatic heterocycles. The molecule has 2 aromatic carbocycles. The van der Waals surface area contributed by atoms with Crippen LogP contribution in [0.2, 0.25) is 5.02 Å². The van der Waals surface area contributed by atoms with Gasteiger partial charge in [0.25, 0.3) is 5.78 Å². The van der Waals surface area contributed by atoms with E-state index in [0.717, 1.165) is 0 Å². The lowest BCUT2D eigenvalue weighted by Gasteiger charge is -2.23. The zero-order chi connectivity index (χ0) is 22.8. The Labute approximate surface area is 193 Å². The number of ketones is 1. The quantitative estimate of drug-likeness (QED) is 0.244. The van der Waals surface area contributed by atoms with E-state index in [1.165, 1.54) is 16.2 Å². The van der Waals surface area contributed by atoms with Crippen LogP contribution in [0.1, 0.15) is 22.2 Å². The van der Waals surface area contributed by atoms with Crippen LogP contribution in [0.5, 0.6) is 5.75 Å². The second kappa shape index (κ2) is 8.94. The number of aryl methyl sites for hydroxylation is 1.